The quantitative estimate of drug-likeness (QED) is 0.527. The number of phenolic OH excluding ortho intramolecular Hbond substituents is 2. The highest BCUT2D eigenvalue weighted by molar-refractivity contribution is 8.01. The number of piperazine rings is 1. The van der Waals surface area contributed by atoms with Crippen LogP contribution < -0.4 is 0 Å². The van der Waals surface area contributed by atoms with Crippen molar-refractivity contribution in [3.63, 3.8) is 0 Å². The van der Waals surface area contributed by atoms with Crippen LogP contribution in [0.2, 0.25) is 5.02 Å². The summed E-state index contributed by atoms with van der Waals surface area (Å²) in [5, 5.41) is 19.2. The predicted molar refractivity (Wildman–Crippen MR) is 110 cm³/mol. The fourth-order valence-electron chi connectivity index (χ4n) is 3.81. The Morgan fingerprint density at radius 1 is 1.23 bits per heavy atom. The number of carbonyl (C=O) groups excluding carboxylic acids is 3. The van der Waals surface area contributed by atoms with E-state index in [0.717, 1.165) is 0 Å². The molecule has 1 aromatic rings. The van der Waals surface area contributed by atoms with Crippen LogP contribution in [0, 0.1) is 0 Å². The van der Waals surface area contributed by atoms with E-state index in [1.165, 1.54) is 17.0 Å². The van der Waals surface area contributed by atoms with Gasteiger partial charge >= 0.3 is 6.09 Å². The normalized spacial score (nSPS) is 25.7. The highest BCUT2D eigenvalue weighted by atomic mass is 35.5. The van der Waals surface area contributed by atoms with Gasteiger partial charge in [-0.25, -0.2) is 4.79 Å². The SMILES string of the molecule is C[C@]1(COC(=O)N2CCN(C(=O)c3ccc(O)c(O)c3Cl)CC2)CN2C(=O)C[C@H]2S1. The van der Waals surface area contributed by atoms with Gasteiger partial charge in [-0.2, -0.15) is 0 Å². The molecule has 3 heterocycles. The summed E-state index contributed by atoms with van der Waals surface area (Å²) in [5.41, 5.74) is 0.0911. The van der Waals surface area contributed by atoms with Crippen molar-refractivity contribution in [3.8, 4) is 11.5 Å². The van der Waals surface area contributed by atoms with Gasteiger partial charge < -0.3 is 29.6 Å². The molecule has 0 saturated carbocycles. The first kappa shape index (κ1) is 20.9. The molecule has 3 amide bonds. The molecule has 11 heteroatoms. The Balaban J connectivity index is 1.28. The van der Waals surface area contributed by atoms with E-state index in [1.807, 2.05) is 11.8 Å². The maximum Gasteiger partial charge on any atom is 0.409 e. The van der Waals surface area contributed by atoms with Crippen LogP contribution in [0.3, 0.4) is 0 Å². The highest BCUT2D eigenvalue weighted by Crippen LogP contribution is 2.46. The van der Waals surface area contributed by atoms with Crippen LogP contribution in [0.5, 0.6) is 11.5 Å². The molecule has 1 aromatic carbocycles. The van der Waals surface area contributed by atoms with Gasteiger partial charge in [0.05, 0.1) is 27.1 Å². The number of amides is 3. The number of aromatic hydroxyl groups is 2. The number of carbonyl (C=O) groups is 3. The fraction of sp³-hybridized carbons (Fsp3) is 0.526. The van der Waals surface area contributed by atoms with Gasteiger partial charge in [0.1, 0.15) is 6.61 Å². The van der Waals surface area contributed by atoms with Gasteiger partial charge in [0, 0.05) is 32.7 Å². The summed E-state index contributed by atoms with van der Waals surface area (Å²) in [7, 11) is 0. The molecule has 3 fully saturated rings. The van der Waals surface area contributed by atoms with Crippen LogP contribution in [0.1, 0.15) is 23.7 Å². The Bertz CT molecular complexity index is 907. The number of ether oxygens (including phenoxy) is 1. The van der Waals surface area contributed by atoms with Crippen molar-refractivity contribution >= 4 is 41.3 Å². The van der Waals surface area contributed by atoms with E-state index in [0.29, 0.717) is 39.1 Å². The third kappa shape index (κ3) is 3.74. The minimum atomic E-state index is -0.533. The number of phenols is 2. The molecule has 3 aliphatic heterocycles. The number of hydrogen-bond acceptors (Lipinski definition) is 7. The highest BCUT2D eigenvalue weighted by Gasteiger charge is 2.51. The molecule has 30 heavy (non-hydrogen) atoms. The van der Waals surface area contributed by atoms with Crippen LogP contribution in [0.25, 0.3) is 0 Å². The summed E-state index contributed by atoms with van der Waals surface area (Å²) in [4.78, 5) is 41.6. The first-order valence-corrected chi connectivity index (χ1v) is 10.8. The van der Waals surface area contributed by atoms with Crippen molar-refractivity contribution < 1.29 is 29.3 Å². The second-order valence-corrected chi connectivity index (χ2v) is 10.0. The second kappa shape index (κ2) is 7.73. The molecule has 0 bridgehead atoms. The molecule has 9 nitrogen and oxygen atoms in total. The number of thioether (sulfide) groups is 1. The lowest BCUT2D eigenvalue weighted by Crippen LogP contribution is -2.51. The lowest BCUT2D eigenvalue weighted by atomic mass is 10.1. The van der Waals surface area contributed by atoms with Gasteiger partial charge in [-0.1, -0.05) is 11.6 Å². The number of benzene rings is 1. The zero-order valence-corrected chi connectivity index (χ0v) is 17.9. The molecule has 3 saturated heterocycles. The number of hydrogen-bond donors (Lipinski definition) is 2. The van der Waals surface area contributed by atoms with E-state index in [4.69, 9.17) is 16.3 Å². The Hall–Kier alpha value is -2.33. The number of halogens is 1. The lowest BCUT2D eigenvalue weighted by Gasteiger charge is -2.35. The molecule has 0 aromatic heterocycles. The van der Waals surface area contributed by atoms with Gasteiger partial charge in [0.15, 0.2) is 11.5 Å². The summed E-state index contributed by atoms with van der Waals surface area (Å²) < 4.78 is 5.20. The van der Waals surface area contributed by atoms with Crippen molar-refractivity contribution in [1.29, 1.82) is 0 Å². The Labute approximate surface area is 182 Å². The standard InChI is InChI=1S/C19H22ClN3O6S/c1-19(9-23-13(25)8-14(23)30-19)10-29-18(28)22-6-4-21(5-7-22)17(27)11-2-3-12(24)16(26)15(11)20/h2-3,14,24,26H,4-10H2,1H3/t14-,19-/m1/s1. The molecular formula is C19H22ClN3O6S. The van der Waals surface area contributed by atoms with Crippen LogP contribution >= 0.6 is 23.4 Å². The first-order valence-electron chi connectivity index (χ1n) is 9.57. The molecule has 3 aliphatic rings. The summed E-state index contributed by atoms with van der Waals surface area (Å²) in [6.45, 7) is 4.00. The third-order valence-electron chi connectivity index (χ3n) is 5.59. The van der Waals surface area contributed by atoms with Crippen LogP contribution in [0.15, 0.2) is 12.1 Å². The number of rotatable bonds is 3. The average Bonchev–Trinajstić information content (AvgIpc) is 3.01. The van der Waals surface area contributed by atoms with E-state index in [9.17, 15) is 24.6 Å². The summed E-state index contributed by atoms with van der Waals surface area (Å²) in [6.07, 6.45) is 0.109. The zero-order valence-electron chi connectivity index (χ0n) is 16.3. The predicted octanol–water partition coefficient (Wildman–Crippen LogP) is 1.71. The molecule has 2 atom stereocenters. The number of fused-ring (bicyclic) bond motifs is 1. The maximum absolute atomic E-state index is 12.7. The molecule has 162 valence electrons. The van der Waals surface area contributed by atoms with Gasteiger partial charge in [-0.05, 0) is 19.1 Å². The lowest BCUT2D eigenvalue weighted by molar-refractivity contribution is -0.140. The van der Waals surface area contributed by atoms with Crippen molar-refractivity contribution in [2.45, 2.75) is 23.5 Å². The van der Waals surface area contributed by atoms with Crippen molar-refractivity contribution in [2.24, 2.45) is 0 Å². The van der Waals surface area contributed by atoms with E-state index in [2.05, 4.69) is 0 Å². The van der Waals surface area contributed by atoms with Crippen molar-refractivity contribution in [2.75, 3.05) is 39.3 Å². The summed E-state index contributed by atoms with van der Waals surface area (Å²) >= 11 is 7.64. The topological polar surface area (TPSA) is 111 Å². The van der Waals surface area contributed by atoms with Gasteiger partial charge in [0.25, 0.3) is 5.91 Å². The van der Waals surface area contributed by atoms with E-state index < -0.39 is 17.6 Å². The average molecular weight is 456 g/mol. The molecule has 2 N–H and O–H groups in total. The first-order chi connectivity index (χ1) is 14.2. The molecule has 4 rings (SSSR count). The molecule has 0 unspecified atom stereocenters. The van der Waals surface area contributed by atoms with E-state index >= 15 is 0 Å². The molecular weight excluding hydrogens is 434 g/mol. The summed E-state index contributed by atoms with van der Waals surface area (Å²) in [6, 6.07) is 2.56. The Morgan fingerprint density at radius 3 is 2.53 bits per heavy atom. The molecule has 0 radical (unpaired) electrons. The smallest absolute Gasteiger partial charge is 0.409 e. The van der Waals surface area contributed by atoms with Crippen LogP contribution in [-0.2, 0) is 9.53 Å². The summed E-state index contributed by atoms with van der Waals surface area (Å²) in [5.74, 6) is -1.17. The van der Waals surface area contributed by atoms with Crippen LogP contribution in [0.4, 0.5) is 4.79 Å². The van der Waals surface area contributed by atoms with Crippen LogP contribution in [-0.4, -0.2) is 92.3 Å². The Morgan fingerprint density at radius 2 is 1.90 bits per heavy atom. The number of nitrogens with zero attached hydrogens (tertiary/aromatic N) is 3. The van der Waals surface area contributed by atoms with Crippen molar-refractivity contribution in [3.05, 3.63) is 22.7 Å². The number of β-lactam (4-membered cyclic amide) rings is 1. The van der Waals surface area contributed by atoms with E-state index in [-0.39, 0.29) is 39.1 Å². The zero-order chi connectivity index (χ0) is 21.6. The Kier molecular flexibility index (Phi) is 5.39. The van der Waals surface area contributed by atoms with Gasteiger partial charge in [-0.15, -0.1) is 11.8 Å². The second-order valence-electron chi connectivity index (χ2n) is 7.88. The molecule has 0 spiro atoms. The minimum Gasteiger partial charge on any atom is -0.504 e. The third-order valence-corrected chi connectivity index (χ3v) is 7.49. The monoisotopic (exact) mass is 455 g/mol. The van der Waals surface area contributed by atoms with Crippen molar-refractivity contribution in [1.82, 2.24) is 14.7 Å². The molecule has 0 aliphatic carbocycles. The van der Waals surface area contributed by atoms with E-state index in [1.54, 1.807) is 16.7 Å². The fourth-order valence-corrected chi connectivity index (χ4v) is 5.60. The minimum absolute atomic E-state index is 0.0911. The maximum atomic E-state index is 12.7. The van der Waals surface area contributed by atoms with Gasteiger partial charge in [-0.3, -0.25) is 9.59 Å². The van der Waals surface area contributed by atoms with Gasteiger partial charge in [0.2, 0.25) is 5.91 Å². The largest absolute Gasteiger partial charge is 0.504 e.